The number of para-hydroxylation sites is 1. The lowest BCUT2D eigenvalue weighted by molar-refractivity contribution is 0.631. The van der Waals surface area contributed by atoms with Crippen LogP contribution in [-0.2, 0) is 0 Å². The molecule has 0 bridgehead atoms. The van der Waals surface area contributed by atoms with Crippen molar-refractivity contribution in [1.82, 2.24) is 4.98 Å². The van der Waals surface area contributed by atoms with Crippen LogP contribution in [0.15, 0.2) is 18.2 Å². The Kier molecular flexibility index (Phi) is 3.25. The van der Waals surface area contributed by atoms with Crippen LogP contribution >= 0.6 is 23.1 Å². The van der Waals surface area contributed by atoms with Crippen LogP contribution in [0.2, 0.25) is 0 Å². The Morgan fingerprint density at radius 2 is 2.41 bits per heavy atom. The van der Waals surface area contributed by atoms with Crippen LogP contribution < -0.4 is 5.32 Å². The van der Waals surface area contributed by atoms with Crippen molar-refractivity contribution in [2.75, 3.05) is 23.4 Å². The van der Waals surface area contributed by atoms with Gasteiger partial charge in [-0.15, -0.1) is 0 Å². The van der Waals surface area contributed by atoms with Gasteiger partial charge in [-0.3, -0.25) is 0 Å². The molecule has 0 aliphatic carbocycles. The van der Waals surface area contributed by atoms with Gasteiger partial charge in [0.15, 0.2) is 5.13 Å². The van der Waals surface area contributed by atoms with Crippen LogP contribution in [0.1, 0.15) is 12.0 Å². The van der Waals surface area contributed by atoms with Crippen molar-refractivity contribution >= 4 is 38.4 Å². The highest BCUT2D eigenvalue weighted by Gasteiger charge is 2.15. The molecular formula is C13H16N2S2. The number of anilines is 1. The molecule has 3 rings (SSSR count). The average Bonchev–Trinajstić information content (AvgIpc) is 2.95. The molecule has 1 saturated heterocycles. The molecular weight excluding hydrogens is 248 g/mol. The molecule has 0 saturated carbocycles. The molecule has 1 aliphatic rings. The van der Waals surface area contributed by atoms with Gasteiger partial charge in [-0.25, -0.2) is 4.98 Å². The third-order valence-corrected chi connectivity index (χ3v) is 5.40. The lowest BCUT2D eigenvalue weighted by atomic mass is 10.1. The first kappa shape index (κ1) is 11.4. The van der Waals surface area contributed by atoms with Crippen molar-refractivity contribution in [3.63, 3.8) is 0 Å². The zero-order valence-electron chi connectivity index (χ0n) is 9.90. The average molecular weight is 264 g/mol. The van der Waals surface area contributed by atoms with Crippen LogP contribution in [0, 0.1) is 12.8 Å². The van der Waals surface area contributed by atoms with E-state index in [9.17, 15) is 0 Å². The molecule has 1 unspecified atom stereocenters. The summed E-state index contributed by atoms with van der Waals surface area (Å²) in [7, 11) is 0. The quantitative estimate of drug-likeness (QED) is 0.913. The molecule has 1 aromatic carbocycles. The second kappa shape index (κ2) is 4.86. The lowest BCUT2D eigenvalue weighted by Gasteiger charge is -2.07. The van der Waals surface area contributed by atoms with E-state index in [1.54, 1.807) is 11.3 Å². The smallest absolute Gasteiger partial charge is 0.183 e. The van der Waals surface area contributed by atoms with Gasteiger partial charge >= 0.3 is 0 Å². The Labute approximate surface area is 110 Å². The van der Waals surface area contributed by atoms with Crippen LogP contribution in [0.25, 0.3) is 10.2 Å². The van der Waals surface area contributed by atoms with Crippen LogP contribution in [0.3, 0.4) is 0 Å². The van der Waals surface area contributed by atoms with E-state index in [1.165, 1.54) is 28.2 Å². The minimum absolute atomic E-state index is 0.827. The third kappa shape index (κ3) is 2.43. The summed E-state index contributed by atoms with van der Waals surface area (Å²) >= 11 is 3.83. The summed E-state index contributed by atoms with van der Waals surface area (Å²) < 4.78 is 1.29. The summed E-state index contributed by atoms with van der Waals surface area (Å²) in [5, 5.41) is 4.57. The number of hydrogen-bond acceptors (Lipinski definition) is 4. The highest BCUT2D eigenvalue weighted by molar-refractivity contribution is 7.99. The van der Waals surface area contributed by atoms with Gasteiger partial charge in [0.2, 0.25) is 0 Å². The minimum atomic E-state index is 0.827. The summed E-state index contributed by atoms with van der Waals surface area (Å²) in [6.45, 7) is 3.20. The van der Waals surface area contributed by atoms with E-state index in [0.29, 0.717) is 0 Å². The van der Waals surface area contributed by atoms with Crippen LogP contribution in [0.4, 0.5) is 5.13 Å². The van der Waals surface area contributed by atoms with Crippen molar-refractivity contribution in [2.45, 2.75) is 13.3 Å². The predicted molar refractivity (Wildman–Crippen MR) is 78.3 cm³/mol. The third-order valence-electron chi connectivity index (χ3n) is 3.19. The number of thiazole rings is 1. The summed E-state index contributed by atoms with van der Waals surface area (Å²) in [5.74, 6) is 3.45. The Hall–Kier alpha value is -0.740. The molecule has 2 aromatic rings. The van der Waals surface area contributed by atoms with Gasteiger partial charge in [0.25, 0.3) is 0 Å². The number of nitrogens with zero attached hydrogens (tertiary/aromatic N) is 1. The van der Waals surface area contributed by atoms with Crippen molar-refractivity contribution < 1.29 is 0 Å². The molecule has 2 heterocycles. The highest BCUT2D eigenvalue weighted by atomic mass is 32.2. The van der Waals surface area contributed by atoms with Crippen molar-refractivity contribution in [3.8, 4) is 0 Å². The Morgan fingerprint density at radius 3 is 3.18 bits per heavy atom. The number of thioether (sulfide) groups is 1. The maximum absolute atomic E-state index is 4.67. The zero-order chi connectivity index (χ0) is 11.7. The van der Waals surface area contributed by atoms with E-state index in [4.69, 9.17) is 0 Å². The molecule has 4 heteroatoms. The fourth-order valence-corrected chi connectivity index (χ4v) is 4.37. The van der Waals surface area contributed by atoms with E-state index in [0.717, 1.165) is 23.1 Å². The maximum atomic E-state index is 4.67. The van der Waals surface area contributed by atoms with Gasteiger partial charge in [-0.1, -0.05) is 23.5 Å². The van der Waals surface area contributed by atoms with Gasteiger partial charge in [-0.05, 0) is 42.4 Å². The van der Waals surface area contributed by atoms with Crippen LogP contribution in [0.5, 0.6) is 0 Å². The molecule has 1 fully saturated rings. The first-order valence-corrected chi connectivity index (χ1v) is 7.98. The zero-order valence-corrected chi connectivity index (χ0v) is 11.5. The SMILES string of the molecule is Cc1cccc2sc(NCC3CCSC3)nc12. The normalized spacial score (nSPS) is 19.9. The molecule has 0 amide bonds. The summed E-state index contributed by atoms with van der Waals surface area (Å²) in [4.78, 5) is 4.67. The topological polar surface area (TPSA) is 24.9 Å². The van der Waals surface area contributed by atoms with E-state index in [-0.39, 0.29) is 0 Å². The lowest BCUT2D eigenvalue weighted by Crippen LogP contribution is -2.13. The Bertz CT molecular complexity index is 515. The van der Waals surface area contributed by atoms with Gasteiger partial charge in [0.05, 0.1) is 10.2 Å². The Balaban J connectivity index is 1.74. The number of rotatable bonds is 3. The fourth-order valence-electron chi connectivity index (χ4n) is 2.14. The van der Waals surface area contributed by atoms with E-state index in [2.05, 4.69) is 47.2 Å². The number of fused-ring (bicyclic) bond motifs is 1. The first-order valence-electron chi connectivity index (χ1n) is 6.01. The highest BCUT2D eigenvalue weighted by Crippen LogP contribution is 2.29. The number of benzene rings is 1. The molecule has 1 aliphatic heterocycles. The summed E-state index contributed by atoms with van der Waals surface area (Å²) in [6, 6.07) is 6.38. The number of hydrogen-bond donors (Lipinski definition) is 1. The van der Waals surface area contributed by atoms with Crippen molar-refractivity contribution in [1.29, 1.82) is 0 Å². The summed E-state index contributed by atoms with van der Waals surface area (Å²) in [6.07, 6.45) is 1.35. The Morgan fingerprint density at radius 1 is 1.47 bits per heavy atom. The maximum Gasteiger partial charge on any atom is 0.183 e. The molecule has 2 nitrogen and oxygen atoms in total. The largest absolute Gasteiger partial charge is 0.361 e. The van der Waals surface area contributed by atoms with E-state index >= 15 is 0 Å². The monoisotopic (exact) mass is 264 g/mol. The van der Waals surface area contributed by atoms with Gasteiger partial charge in [0.1, 0.15) is 0 Å². The second-order valence-electron chi connectivity index (χ2n) is 4.55. The number of nitrogens with one attached hydrogen (secondary N) is 1. The number of aromatic nitrogens is 1. The molecule has 1 N–H and O–H groups in total. The van der Waals surface area contributed by atoms with Crippen molar-refractivity contribution in [2.24, 2.45) is 5.92 Å². The standard InChI is InChI=1S/C13H16N2S2/c1-9-3-2-4-11-12(9)15-13(17-11)14-7-10-5-6-16-8-10/h2-4,10H,5-8H2,1H3,(H,14,15). The minimum Gasteiger partial charge on any atom is -0.361 e. The molecule has 0 spiro atoms. The predicted octanol–water partition coefficient (Wildman–Crippen LogP) is 3.77. The van der Waals surface area contributed by atoms with Crippen LogP contribution in [-0.4, -0.2) is 23.0 Å². The van der Waals surface area contributed by atoms with E-state index in [1.807, 2.05) is 0 Å². The van der Waals surface area contributed by atoms with Gasteiger partial charge in [-0.2, -0.15) is 11.8 Å². The summed E-state index contributed by atoms with van der Waals surface area (Å²) in [5.41, 5.74) is 2.42. The van der Waals surface area contributed by atoms with E-state index < -0.39 is 0 Å². The number of aryl methyl sites for hydroxylation is 1. The molecule has 0 radical (unpaired) electrons. The van der Waals surface area contributed by atoms with Gasteiger partial charge in [0, 0.05) is 6.54 Å². The first-order chi connectivity index (χ1) is 8.33. The second-order valence-corrected chi connectivity index (χ2v) is 6.73. The molecule has 90 valence electrons. The fraction of sp³-hybridized carbons (Fsp3) is 0.462. The molecule has 17 heavy (non-hydrogen) atoms. The molecule has 1 aromatic heterocycles. The van der Waals surface area contributed by atoms with Crippen molar-refractivity contribution in [3.05, 3.63) is 23.8 Å². The molecule has 1 atom stereocenters. The van der Waals surface area contributed by atoms with Gasteiger partial charge < -0.3 is 5.32 Å².